The maximum absolute atomic E-state index is 9.80. The lowest BCUT2D eigenvalue weighted by Gasteiger charge is -1.99. The predicted molar refractivity (Wildman–Crippen MR) is 93.7 cm³/mol. The first-order valence-electron chi connectivity index (χ1n) is 7.02. The van der Waals surface area contributed by atoms with Gasteiger partial charge in [-0.25, -0.2) is 10.1 Å². The molecule has 0 fully saturated rings. The number of nitrogens with zero attached hydrogens (tertiary/aromatic N) is 4. The van der Waals surface area contributed by atoms with Gasteiger partial charge in [0.1, 0.15) is 5.75 Å². The molecule has 0 bridgehead atoms. The summed E-state index contributed by atoms with van der Waals surface area (Å²) in [6.45, 7) is 4.18. The Labute approximate surface area is 142 Å². The van der Waals surface area contributed by atoms with Crippen LogP contribution < -0.4 is 0 Å². The SMILES string of the molecule is CC(C)c1csc(-c2n[nH]c(=S)n2/N=C/c2ccccc2O)n1. The van der Waals surface area contributed by atoms with E-state index in [-0.39, 0.29) is 5.75 Å². The van der Waals surface area contributed by atoms with Crippen molar-refractivity contribution in [3.05, 3.63) is 45.7 Å². The van der Waals surface area contributed by atoms with Crippen LogP contribution >= 0.6 is 23.6 Å². The molecule has 23 heavy (non-hydrogen) atoms. The molecule has 0 saturated heterocycles. The molecule has 1 aromatic carbocycles. The highest BCUT2D eigenvalue weighted by Gasteiger charge is 2.14. The number of para-hydroxylation sites is 1. The van der Waals surface area contributed by atoms with E-state index in [2.05, 4.69) is 34.1 Å². The Bertz CT molecular complexity index is 906. The van der Waals surface area contributed by atoms with E-state index >= 15 is 0 Å². The topological polar surface area (TPSA) is 79.1 Å². The highest BCUT2D eigenvalue weighted by Crippen LogP contribution is 2.25. The van der Waals surface area contributed by atoms with Gasteiger partial charge in [0.15, 0.2) is 5.01 Å². The highest BCUT2D eigenvalue weighted by molar-refractivity contribution is 7.71. The largest absolute Gasteiger partial charge is 0.507 e. The number of hydrogen-bond acceptors (Lipinski definition) is 6. The molecule has 118 valence electrons. The molecule has 2 N–H and O–H groups in total. The quantitative estimate of drug-likeness (QED) is 0.557. The van der Waals surface area contributed by atoms with Gasteiger partial charge in [0.2, 0.25) is 10.6 Å². The molecule has 0 spiro atoms. The average Bonchev–Trinajstić information content (AvgIpc) is 3.13. The van der Waals surface area contributed by atoms with Gasteiger partial charge in [-0.15, -0.1) is 16.4 Å². The highest BCUT2D eigenvalue weighted by atomic mass is 32.1. The van der Waals surface area contributed by atoms with E-state index in [0.717, 1.165) is 10.7 Å². The molecule has 0 aliphatic rings. The Morgan fingerprint density at radius 2 is 2.17 bits per heavy atom. The van der Waals surface area contributed by atoms with E-state index in [9.17, 15) is 5.11 Å². The van der Waals surface area contributed by atoms with Crippen molar-refractivity contribution in [2.45, 2.75) is 19.8 Å². The monoisotopic (exact) mass is 345 g/mol. The minimum atomic E-state index is 0.157. The van der Waals surface area contributed by atoms with E-state index in [1.54, 1.807) is 24.4 Å². The van der Waals surface area contributed by atoms with Crippen LogP contribution in [0.1, 0.15) is 31.0 Å². The predicted octanol–water partition coefficient (Wildman–Crippen LogP) is 3.78. The van der Waals surface area contributed by atoms with Crippen LogP contribution in [0, 0.1) is 4.77 Å². The molecule has 6 nitrogen and oxygen atoms in total. The third kappa shape index (κ3) is 3.22. The number of thiazole rings is 1. The summed E-state index contributed by atoms with van der Waals surface area (Å²) in [5.41, 5.74) is 1.61. The molecular formula is C15H15N5OS2. The van der Waals surface area contributed by atoms with Gasteiger partial charge in [-0.2, -0.15) is 9.78 Å². The van der Waals surface area contributed by atoms with Crippen molar-refractivity contribution in [1.82, 2.24) is 19.9 Å². The molecule has 0 radical (unpaired) electrons. The van der Waals surface area contributed by atoms with Gasteiger partial charge in [0.05, 0.1) is 11.9 Å². The molecule has 3 aromatic rings. The summed E-state index contributed by atoms with van der Waals surface area (Å²) in [7, 11) is 0. The summed E-state index contributed by atoms with van der Waals surface area (Å²) >= 11 is 6.72. The number of phenols is 1. The maximum atomic E-state index is 9.80. The minimum absolute atomic E-state index is 0.157. The van der Waals surface area contributed by atoms with Gasteiger partial charge < -0.3 is 5.11 Å². The summed E-state index contributed by atoms with van der Waals surface area (Å²) < 4.78 is 1.87. The third-order valence-electron chi connectivity index (χ3n) is 3.20. The number of aromatic hydroxyl groups is 1. The van der Waals surface area contributed by atoms with Crippen molar-refractivity contribution in [2.24, 2.45) is 5.10 Å². The second kappa shape index (κ2) is 6.43. The number of rotatable bonds is 4. The maximum Gasteiger partial charge on any atom is 0.216 e. The van der Waals surface area contributed by atoms with E-state index < -0.39 is 0 Å². The van der Waals surface area contributed by atoms with Gasteiger partial charge in [-0.05, 0) is 30.3 Å². The lowest BCUT2D eigenvalue weighted by Crippen LogP contribution is -1.95. The van der Waals surface area contributed by atoms with Crippen molar-refractivity contribution < 1.29 is 5.11 Å². The zero-order chi connectivity index (χ0) is 16.4. The first kappa shape index (κ1) is 15.6. The summed E-state index contributed by atoms with van der Waals surface area (Å²) in [4.78, 5) is 4.57. The zero-order valence-electron chi connectivity index (χ0n) is 12.6. The van der Waals surface area contributed by atoms with Crippen molar-refractivity contribution in [3.8, 4) is 16.6 Å². The Morgan fingerprint density at radius 3 is 2.87 bits per heavy atom. The molecule has 0 saturated carbocycles. The van der Waals surface area contributed by atoms with Crippen LogP contribution in [0.5, 0.6) is 5.75 Å². The van der Waals surface area contributed by atoms with Gasteiger partial charge in [0.25, 0.3) is 0 Å². The molecule has 0 aliphatic carbocycles. The number of phenolic OH excluding ortho intramolecular Hbond substituents is 1. The van der Waals surface area contributed by atoms with Crippen molar-refractivity contribution in [2.75, 3.05) is 0 Å². The van der Waals surface area contributed by atoms with Crippen LogP contribution in [0.15, 0.2) is 34.7 Å². The van der Waals surface area contributed by atoms with Crippen molar-refractivity contribution in [3.63, 3.8) is 0 Å². The number of aromatic nitrogens is 4. The van der Waals surface area contributed by atoms with Gasteiger partial charge >= 0.3 is 0 Å². The molecule has 0 atom stereocenters. The Hall–Kier alpha value is -2.32. The number of nitrogens with one attached hydrogen (secondary N) is 1. The first-order valence-corrected chi connectivity index (χ1v) is 8.30. The summed E-state index contributed by atoms with van der Waals surface area (Å²) in [5.74, 6) is 1.06. The molecule has 0 unspecified atom stereocenters. The summed E-state index contributed by atoms with van der Waals surface area (Å²) in [5, 5.41) is 23.8. The number of H-pyrrole nitrogens is 1. The van der Waals surface area contributed by atoms with E-state index in [0.29, 0.717) is 22.1 Å². The molecule has 0 aliphatic heterocycles. The first-order chi connectivity index (χ1) is 11.1. The van der Waals surface area contributed by atoms with Crippen LogP contribution in [-0.4, -0.2) is 31.2 Å². The number of hydrogen-bond donors (Lipinski definition) is 2. The van der Waals surface area contributed by atoms with Gasteiger partial charge in [-0.1, -0.05) is 26.0 Å². The van der Waals surface area contributed by atoms with Crippen molar-refractivity contribution >= 4 is 29.8 Å². The Morgan fingerprint density at radius 1 is 1.39 bits per heavy atom. The molecule has 3 rings (SSSR count). The zero-order valence-corrected chi connectivity index (χ0v) is 14.2. The number of aromatic amines is 1. The summed E-state index contributed by atoms with van der Waals surface area (Å²) in [6, 6.07) is 6.95. The van der Waals surface area contributed by atoms with Crippen LogP contribution in [-0.2, 0) is 0 Å². The standard InChI is InChI=1S/C15H15N5OS2/c1-9(2)11-8-23-14(17-11)13-18-19-15(22)20(13)16-7-10-5-3-4-6-12(10)21/h3-9,21H,1-2H3,(H,19,22)/b16-7+. The molecular weight excluding hydrogens is 330 g/mol. The molecule has 2 aromatic heterocycles. The van der Waals surface area contributed by atoms with Crippen LogP contribution in [0.25, 0.3) is 10.8 Å². The summed E-state index contributed by atoms with van der Waals surface area (Å²) in [6.07, 6.45) is 1.54. The Balaban J connectivity index is 1.99. The average molecular weight is 345 g/mol. The molecule has 2 heterocycles. The second-order valence-corrected chi connectivity index (χ2v) is 6.44. The van der Waals surface area contributed by atoms with E-state index in [4.69, 9.17) is 12.2 Å². The second-order valence-electron chi connectivity index (χ2n) is 5.20. The molecule has 0 amide bonds. The fraction of sp³-hybridized carbons (Fsp3) is 0.200. The van der Waals surface area contributed by atoms with Gasteiger partial charge in [-0.3, -0.25) is 0 Å². The fourth-order valence-corrected chi connectivity index (χ4v) is 3.04. The van der Waals surface area contributed by atoms with Crippen LogP contribution in [0.4, 0.5) is 0 Å². The normalized spacial score (nSPS) is 11.6. The lowest BCUT2D eigenvalue weighted by atomic mass is 10.2. The lowest BCUT2D eigenvalue weighted by molar-refractivity contribution is 0.474. The van der Waals surface area contributed by atoms with Gasteiger partial charge in [0, 0.05) is 10.9 Å². The minimum Gasteiger partial charge on any atom is -0.507 e. The third-order valence-corrected chi connectivity index (χ3v) is 4.32. The molecule has 8 heteroatoms. The number of benzene rings is 1. The van der Waals surface area contributed by atoms with Crippen LogP contribution in [0.2, 0.25) is 0 Å². The van der Waals surface area contributed by atoms with Crippen molar-refractivity contribution in [1.29, 1.82) is 0 Å². The Kier molecular flexibility index (Phi) is 4.35. The smallest absolute Gasteiger partial charge is 0.216 e. The fourth-order valence-electron chi connectivity index (χ4n) is 1.91. The van der Waals surface area contributed by atoms with E-state index in [1.807, 2.05) is 11.4 Å². The van der Waals surface area contributed by atoms with E-state index in [1.165, 1.54) is 16.0 Å². The van der Waals surface area contributed by atoms with Crippen LogP contribution in [0.3, 0.4) is 0 Å².